The van der Waals surface area contributed by atoms with Gasteiger partial charge in [0.15, 0.2) is 11.5 Å². The van der Waals surface area contributed by atoms with Crippen molar-refractivity contribution in [3.8, 4) is 11.5 Å². The van der Waals surface area contributed by atoms with Gasteiger partial charge in [0.2, 0.25) is 0 Å². The number of urea groups is 1. The molecule has 0 bridgehead atoms. The SMILES string of the molecule is COc1cc(C=C2C(=O)N(C)C(=O)N(C)C2=O)ccc1OCc1cccs1. The molecule has 3 rings (SSSR count). The van der Waals surface area contributed by atoms with Crippen LogP contribution in [0.2, 0.25) is 0 Å². The van der Waals surface area contributed by atoms with Crippen LogP contribution in [0.15, 0.2) is 41.3 Å². The Labute approximate surface area is 160 Å². The third-order valence-electron chi connectivity index (χ3n) is 4.09. The lowest BCUT2D eigenvalue weighted by atomic mass is 10.1. The smallest absolute Gasteiger partial charge is 0.333 e. The maximum Gasteiger partial charge on any atom is 0.333 e. The zero-order chi connectivity index (χ0) is 19.6. The predicted octanol–water partition coefficient (Wildman–Crippen LogP) is 2.77. The monoisotopic (exact) mass is 386 g/mol. The fraction of sp³-hybridized carbons (Fsp3) is 0.211. The van der Waals surface area contributed by atoms with Gasteiger partial charge in [-0.2, -0.15) is 0 Å². The lowest BCUT2D eigenvalue weighted by Crippen LogP contribution is -2.52. The van der Waals surface area contributed by atoms with Crippen LogP contribution in [-0.2, 0) is 16.2 Å². The second-order valence-electron chi connectivity index (χ2n) is 5.85. The van der Waals surface area contributed by atoms with Crippen LogP contribution in [0.4, 0.5) is 4.79 Å². The van der Waals surface area contributed by atoms with Crippen LogP contribution in [0.1, 0.15) is 10.4 Å². The van der Waals surface area contributed by atoms with Crippen molar-refractivity contribution in [3.05, 3.63) is 51.7 Å². The number of hydrogen-bond donors (Lipinski definition) is 0. The second-order valence-corrected chi connectivity index (χ2v) is 6.88. The number of barbiturate groups is 1. The molecule has 7 nitrogen and oxygen atoms in total. The lowest BCUT2D eigenvalue weighted by Gasteiger charge is -2.28. The van der Waals surface area contributed by atoms with Gasteiger partial charge in [0, 0.05) is 19.0 Å². The Hall–Kier alpha value is -3.13. The van der Waals surface area contributed by atoms with E-state index in [1.807, 2.05) is 17.5 Å². The topological polar surface area (TPSA) is 76.2 Å². The van der Waals surface area contributed by atoms with Crippen molar-refractivity contribution < 1.29 is 23.9 Å². The summed E-state index contributed by atoms with van der Waals surface area (Å²) < 4.78 is 11.1. The number of carbonyl (C=O) groups excluding carboxylic acids is 3. The molecular formula is C19H18N2O5S. The van der Waals surface area contributed by atoms with Gasteiger partial charge in [0.25, 0.3) is 11.8 Å². The fourth-order valence-corrected chi connectivity index (χ4v) is 3.19. The number of rotatable bonds is 5. The molecule has 0 N–H and O–H groups in total. The molecule has 2 heterocycles. The lowest BCUT2D eigenvalue weighted by molar-refractivity contribution is -0.134. The molecule has 1 fully saturated rings. The van der Waals surface area contributed by atoms with E-state index in [1.54, 1.807) is 29.5 Å². The van der Waals surface area contributed by atoms with E-state index in [9.17, 15) is 14.4 Å². The Kier molecular flexibility index (Phi) is 5.27. The molecule has 1 aliphatic heterocycles. The summed E-state index contributed by atoms with van der Waals surface area (Å²) in [4.78, 5) is 39.3. The molecule has 4 amide bonds. The molecule has 1 aliphatic rings. The number of carbonyl (C=O) groups is 3. The number of methoxy groups -OCH3 is 1. The highest BCUT2D eigenvalue weighted by molar-refractivity contribution is 7.09. The van der Waals surface area contributed by atoms with Crippen molar-refractivity contribution in [1.82, 2.24) is 9.80 Å². The number of nitrogens with zero attached hydrogens (tertiary/aromatic N) is 2. The Morgan fingerprint density at radius 1 is 1.04 bits per heavy atom. The molecule has 0 unspecified atom stereocenters. The summed E-state index contributed by atoms with van der Waals surface area (Å²) in [5, 5.41) is 1.97. The van der Waals surface area contributed by atoms with E-state index in [1.165, 1.54) is 27.3 Å². The Morgan fingerprint density at radius 3 is 2.33 bits per heavy atom. The summed E-state index contributed by atoms with van der Waals surface area (Å²) >= 11 is 1.60. The second kappa shape index (κ2) is 7.63. The quantitative estimate of drug-likeness (QED) is 0.583. The van der Waals surface area contributed by atoms with Gasteiger partial charge in [0.05, 0.1) is 7.11 Å². The maximum atomic E-state index is 12.3. The van der Waals surface area contributed by atoms with Gasteiger partial charge in [-0.3, -0.25) is 19.4 Å². The summed E-state index contributed by atoms with van der Waals surface area (Å²) in [6, 6.07) is 8.38. The van der Waals surface area contributed by atoms with Gasteiger partial charge in [-0.15, -0.1) is 11.3 Å². The highest BCUT2D eigenvalue weighted by atomic mass is 32.1. The zero-order valence-corrected chi connectivity index (χ0v) is 15.9. The van der Waals surface area contributed by atoms with E-state index < -0.39 is 17.8 Å². The third kappa shape index (κ3) is 3.70. The minimum atomic E-state index is -0.656. The van der Waals surface area contributed by atoms with Crippen molar-refractivity contribution >= 4 is 35.3 Å². The Morgan fingerprint density at radius 2 is 1.74 bits per heavy atom. The highest BCUT2D eigenvalue weighted by Crippen LogP contribution is 2.30. The van der Waals surface area contributed by atoms with Gasteiger partial charge in [-0.25, -0.2) is 4.79 Å². The highest BCUT2D eigenvalue weighted by Gasteiger charge is 2.37. The van der Waals surface area contributed by atoms with E-state index in [4.69, 9.17) is 9.47 Å². The molecule has 1 saturated heterocycles. The van der Waals surface area contributed by atoms with Gasteiger partial charge in [0.1, 0.15) is 12.2 Å². The van der Waals surface area contributed by atoms with E-state index in [-0.39, 0.29) is 5.57 Å². The first-order valence-electron chi connectivity index (χ1n) is 8.07. The van der Waals surface area contributed by atoms with E-state index in [2.05, 4.69) is 0 Å². The summed E-state index contributed by atoms with van der Waals surface area (Å²) in [5.41, 5.74) is 0.497. The van der Waals surface area contributed by atoms with Crippen LogP contribution in [-0.4, -0.2) is 48.9 Å². The molecule has 1 aromatic heterocycles. The first-order valence-corrected chi connectivity index (χ1v) is 8.95. The summed E-state index contributed by atoms with van der Waals surface area (Å²) in [5.74, 6) is -0.242. The number of hydrogen-bond acceptors (Lipinski definition) is 6. The number of benzene rings is 1. The number of ether oxygens (including phenoxy) is 2. The van der Waals surface area contributed by atoms with E-state index >= 15 is 0 Å². The molecule has 0 radical (unpaired) electrons. The molecule has 0 spiro atoms. The third-order valence-corrected chi connectivity index (χ3v) is 4.94. The number of thiophene rings is 1. The van der Waals surface area contributed by atoms with Gasteiger partial charge in [-0.05, 0) is 35.2 Å². The van der Waals surface area contributed by atoms with Gasteiger partial charge >= 0.3 is 6.03 Å². The average Bonchev–Trinajstić information content (AvgIpc) is 3.20. The van der Waals surface area contributed by atoms with Gasteiger partial charge in [-0.1, -0.05) is 12.1 Å². The van der Waals surface area contributed by atoms with Crippen molar-refractivity contribution in [2.45, 2.75) is 6.61 Å². The predicted molar refractivity (Wildman–Crippen MR) is 101 cm³/mol. The van der Waals surface area contributed by atoms with Crippen LogP contribution in [0.5, 0.6) is 11.5 Å². The number of likely N-dealkylation sites (N-methyl/N-ethyl adjacent to an activating group) is 2. The van der Waals surface area contributed by atoms with Crippen LogP contribution in [0, 0.1) is 0 Å². The molecule has 27 heavy (non-hydrogen) atoms. The average molecular weight is 386 g/mol. The molecule has 140 valence electrons. The first kappa shape index (κ1) is 18.7. The first-order chi connectivity index (χ1) is 12.9. The Balaban J connectivity index is 1.86. The number of amides is 4. The van der Waals surface area contributed by atoms with E-state index in [0.29, 0.717) is 23.7 Å². The number of imide groups is 2. The normalized spacial score (nSPS) is 14.6. The fourth-order valence-electron chi connectivity index (χ4n) is 2.58. The maximum absolute atomic E-state index is 12.3. The molecular weight excluding hydrogens is 368 g/mol. The molecule has 1 aromatic carbocycles. The van der Waals surface area contributed by atoms with E-state index in [0.717, 1.165) is 14.7 Å². The Bertz CT molecular complexity index is 894. The van der Waals surface area contributed by atoms with Crippen LogP contribution < -0.4 is 9.47 Å². The van der Waals surface area contributed by atoms with Crippen LogP contribution in [0.25, 0.3) is 6.08 Å². The van der Waals surface area contributed by atoms with Crippen molar-refractivity contribution in [3.63, 3.8) is 0 Å². The minimum absolute atomic E-state index is 0.0890. The largest absolute Gasteiger partial charge is 0.493 e. The van der Waals surface area contributed by atoms with Crippen LogP contribution in [0.3, 0.4) is 0 Å². The van der Waals surface area contributed by atoms with Crippen molar-refractivity contribution in [1.29, 1.82) is 0 Å². The van der Waals surface area contributed by atoms with Crippen molar-refractivity contribution in [2.75, 3.05) is 21.2 Å². The minimum Gasteiger partial charge on any atom is -0.493 e. The molecule has 0 aliphatic carbocycles. The molecule has 8 heteroatoms. The molecule has 0 atom stereocenters. The zero-order valence-electron chi connectivity index (χ0n) is 15.1. The molecule has 0 saturated carbocycles. The summed E-state index contributed by atoms with van der Waals surface area (Å²) in [6.07, 6.45) is 1.44. The standard InChI is InChI=1S/C19H18N2O5S/c1-20-17(22)14(18(23)21(2)19(20)24)9-12-6-7-15(16(10-12)25-3)26-11-13-5-4-8-27-13/h4-10H,11H2,1-3H3. The van der Waals surface area contributed by atoms with Crippen LogP contribution >= 0.6 is 11.3 Å². The summed E-state index contributed by atoms with van der Waals surface area (Å²) in [7, 11) is 4.19. The summed E-state index contributed by atoms with van der Waals surface area (Å²) in [6.45, 7) is 0.420. The molecule has 2 aromatic rings. The van der Waals surface area contributed by atoms with Crippen molar-refractivity contribution in [2.24, 2.45) is 0 Å². The van der Waals surface area contributed by atoms with Gasteiger partial charge < -0.3 is 9.47 Å².